The van der Waals surface area contributed by atoms with Crippen molar-refractivity contribution in [2.45, 2.75) is 24.9 Å². The van der Waals surface area contributed by atoms with Crippen LogP contribution in [0.25, 0.3) is 22.2 Å². The van der Waals surface area contributed by atoms with Crippen LogP contribution < -0.4 is 0 Å². The van der Waals surface area contributed by atoms with Crippen molar-refractivity contribution in [3.63, 3.8) is 0 Å². The zero-order valence-electron chi connectivity index (χ0n) is 15.6. The molecule has 1 aromatic heterocycles. The molecule has 7 heteroatoms. The van der Waals surface area contributed by atoms with E-state index in [-0.39, 0.29) is 0 Å². The number of carbonyl (C=O) groups excluding carboxylic acids is 1. The van der Waals surface area contributed by atoms with Crippen molar-refractivity contribution < 1.29 is 22.7 Å². The molecule has 0 saturated carbocycles. The van der Waals surface area contributed by atoms with Crippen LogP contribution >= 0.6 is 11.8 Å². The maximum atomic E-state index is 13.1. The number of hydrogen-bond acceptors (Lipinski definition) is 4. The number of rotatable bonds is 4. The second kappa shape index (κ2) is 7.83. The van der Waals surface area contributed by atoms with Gasteiger partial charge in [-0.15, -0.1) is 11.8 Å². The Balaban J connectivity index is 2.35. The molecule has 2 aromatic carbocycles. The van der Waals surface area contributed by atoms with Crippen LogP contribution in [0.1, 0.15) is 28.4 Å². The molecule has 0 aliphatic rings. The summed E-state index contributed by atoms with van der Waals surface area (Å²) in [5.74, 6) is 0.260. The predicted molar refractivity (Wildman–Crippen MR) is 105 cm³/mol. The lowest BCUT2D eigenvalue weighted by Crippen LogP contribution is -2.09. The van der Waals surface area contributed by atoms with Crippen LogP contribution in [0.5, 0.6) is 0 Å². The van der Waals surface area contributed by atoms with E-state index in [1.165, 1.54) is 13.2 Å². The van der Waals surface area contributed by atoms with E-state index >= 15 is 0 Å². The van der Waals surface area contributed by atoms with Gasteiger partial charge in [0.2, 0.25) is 0 Å². The fourth-order valence-corrected chi connectivity index (χ4v) is 3.97. The number of thioether (sulfide) groups is 1. The first-order valence-electron chi connectivity index (χ1n) is 8.60. The molecule has 0 aliphatic carbocycles. The first-order chi connectivity index (χ1) is 13.3. The van der Waals surface area contributed by atoms with Crippen LogP contribution in [0, 0.1) is 6.92 Å². The van der Waals surface area contributed by atoms with Crippen LogP contribution in [0.15, 0.2) is 47.4 Å². The zero-order valence-corrected chi connectivity index (χ0v) is 16.4. The van der Waals surface area contributed by atoms with E-state index in [9.17, 15) is 18.0 Å². The van der Waals surface area contributed by atoms with Crippen molar-refractivity contribution in [3.8, 4) is 11.3 Å². The van der Waals surface area contributed by atoms with E-state index < -0.39 is 17.7 Å². The van der Waals surface area contributed by atoms with Gasteiger partial charge in [-0.05, 0) is 42.5 Å². The summed E-state index contributed by atoms with van der Waals surface area (Å²) in [6.07, 6.45) is -4.46. The number of benzene rings is 2. The molecule has 1 heterocycles. The summed E-state index contributed by atoms with van der Waals surface area (Å²) in [6, 6.07) is 10.4. The minimum absolute atomic E-state index is 0.299. The molecule has 0 N–H and O–H groups in total. The molecular weight excluding hydrogens is 387 g/mol. The molecule has 0 amide bonds. The molecule has 0 spiro atoms. The van der Waals surface area contributed by atoms with Crippen molar-refractivity contribution in [1.29, 1.82) is 0 Å². The number of alkyl halides is 3. The first-order valence-corrected chi connectivity index (χ1v) is 9.58. The standard InChI is InChI=1S/C21H18F3NO2S/c1-4-28-16-10-6-9-15-18(16)17(20(26)27-3)12(2)19(25-15)13-7-5-8-14(11-13)21(22,23)24/h5-11H,4H2,1-3H3. The number of hydrogen-bond donors (Lipinski definition) is 0. The van der Waals surface area contributed by atoms with Crippen LogP contribution in [0.3, 0.4) is 0 Å². The van der Waals surface area contributed by atoms with Crippen LogP contribution in [0.4, 0.5) is 13.2 Å². The maximum absolute atomic E-state index is 13.1. The fraction of sp³-hybridized carbons (Fsp3) is 0.238. The molecule has 0 aliphatic heterocycles. The summed E-state index contributed by atoms with van der Waals surface area (Å²) in [5, 5.41) is 0.662. The number of fused-ring (bicyclic) bond motifs is 1. The monoisotopic (exact) mass is 405 g/mol. The number of nitrogens with zero attached hydrogens (tertiary/aromatic N) is 1. The van der Waals surface area contributed by atoms with Gasteiger partial charge in [0.05, 0.1) is 29.4 Å². The highest BCUT2D eigenvalue weighted by Crippen LogP contribution is 2.37. The molecule has 28 heavy (non-hydrogen) atoms. The average Bonchev–Trinajstić information content (AvgIpc) is 2.67. The number of halogens is 3. The highest BCUT2D eigenvalue weighted by Gasteiger charge is 2.31. The molecule has 0 unspecified atom stereocenters. The maximum Gasteiger partial charge on any atom is 0.416 e. The predicted octanol–water partition coefficient (Wildman–Crippen LogP) is 6.13. The van der Waals surface area contributed by atoms with E-state index in [1.54, 1.807) is 30.8 Å². The zero-order chi connectivity index (χ0) is 20.5. The van der Waals surface area contributed by atoms with Gasteiger partial charge in [-0.2, -0.15) is 13.2 Å². The minimum atomic E-state index is -4.46. The number of methoxy groups -OCH3 is 1. The van der Waals surface area contributed by atoms with Gasteiger partial charge in [0.15, 0.2) is 0 Å². The van der Waals surface area contributed by atoms with Crippen LogP contribution in [-0.2, 0) is 10.9 Å². The lowest BCUT2D eigenvalue weighted by molar-refractivity contribution is -0.137. The Hall–Kier alpha value is -2.54. The van der Waals surface area contributed by atoms with Gasteiger partial charge in [-0.25, -0.2) is 9.78 Å². The van der Waals surface area contributed by atoms with Crippen molar-refractivity contribution in [3.05, 3.63) is 59.2 Å². The highest BCUT2D eigenvalue weighted by atomic mass is 32.2. The van der Waals surface area contributed by atoms with Gasteiger partial charge in [-0.3, -0.25) is 0 Å². The Labute approximate surface area is 164 Å². The Morgan fingerprint density at radius 2 is 1.89 bits per heavy atom. The number of aromatic nitrogens is 1. The molecule has 3 aromatic rings. The number of carbonyl (C=O) groups is 1. The Morgan fingerprint density at radius 1 is 1.18 bits per heavy atom. The summed E-state index contributed by atoms with van der Waals surface area (Å²) in [4.78, 5) is 18.1. The smallest absolute Gasteiger partial charge is 0.416 e. The molecule has 0 fully saturated rings. The average molecular weight is 405 g/mol. The van der Waals surface area contributed by atoms with Crippen LogP contribution in [-0.4, -0.2) is 23.8 Å². The number of ether oxygens (including phenoxy) is 1. The van der Waals surface area contributed by atoms with Gasteiger partial charge >= 0.3 is 12.1 Å². The Kier molecular flexibility index (Phi) is 5.65. The second-order valence-corrected chi connectivity index (χ2v) is 7.42. The Bertz CT molecular complexity index is 1050. The lowest BCUT2D eigenvalue weighted by atomic mass is 9.96. The number of pyridine rings is 1. The molecule has 0 radical (unpaired) electrons. The SMILES string of the molecule is CCSc1cccc2nc(-c3cccc(C(F)(F)F)c3)c(C)c(C(=O)OC)c12. The normalized spacial score (nSPS) is 11.6. The quantitative estimate of drug-likeness (QED) is 0.387. The van der Waals surface area contributed by atoms with Gasteiger partial charge in [0.1, 0.15) is 0 Å². The summed E-state index contributed by atoms with van der Waals surface area (Å²) in [5.41, 5.74) is 1.22. The summed E-state index contributed by atoms with van der Waals surface area (Å²) >= 11 is 1.57. The van der Waals surface area contributed by atoms with E-state index in [0.717, 1.165) is 22.8 Å². The van der Waals surface area contributed by atoms with Crippen molar-refractivity contribution in [2.75, 3.05) is 12.9 Å². The van der Waals surface area contributed by atoms with Crippen molar-refractivity contribution >= 4 is 28.6 Å². The fourth-order valence-electron chi connectivity index (χ4n) is 3.13. The highest BCUT2D eigenvalue weighted by molar-refractivity contribution is 7.99. The molecule has 0 bridgehead atoms. The molecular formula is C21H18F3NO2S. The van der Waals surface area contributed by atoms with Crippen molar-refractivity contribution in [2.24, 2.45) is 0 Å². The summed E-state index contributed by atoms with van der Waals surface area (Å²) in [7, 11) is 1.29. The van der Waals surface area contributed by atoms with Gasteiger partial charge < -0.3 is 4.74 Å². The third kappa shape index (κ3) is 3.71. The minimum Gasteiger partial charge on any atom is -0.465 e. The lowest BCUT2D eigenvalue weighted by Gasteiger charge is -2.16. The molecule has 3 rings (SSSR count). The van der Waals surface area contributed by atoms with Gasteiger partial charge in [0, 0.05) is 15.8 Å². The van der Waals surface area contributed by atoms with E-state index in [2.05, 4.69) is 4.98 Å². The molecule has 146 valence electrons. The first kappa shape index (κ1) is 20.2. The van der Waals surface area contributed by atoms with E-state index in [1.807, 2.05) is 19.1 Å². The Morgan fingerprint density at radius 3 is 2.54 bits per heavy atom. The third-order valence-electron chi connectivity index (χ3n) is 4.37. The van der Waals surface area contributed by atoms with Gasteiger partial charge in [0.25, 0.3) is 0 Å². The van der Waals surface area contributed by atoms with E-state index in [0.29, 0.717) is 33.3 Å². The summed E-state index contributed by atoms with van der Waals surface area (Å²) in [6.45, 7) is 3.68. The second-order valence-electron chi connectivity index (χ2n) is 6.11. The molecule has 0 atom stereocenters. The van der Waals surface area contributed by atoms with E-state index in [4.69, 9.17) is 4.74 Å². The topological polar surface area (TPSA) is 39.2 Å². The van der Waals surface area contributed by atoms with Crippen LogP contribution in [0.2, 0.25) is 0 Å². The molecule has 3 nitrogen and oxygen atoms in total. The third-order valence-corrected chi connectivity index (χ3v) is 5.31. The van der Waals surface area contributed by atoms with Crippen molar-refractivity contribution in [1.82, 2.24) is 4.98 Å². The summed E-state index contributed by atoms with van der Waals surface area (Å²) < 4.78 is 44.4. The molecule has 0 saturated heterocycles. The van der Waals surface area contributed by atoms with Gasteiger partial charge in [-0.1, -0.05) is 25.1 Å². The largest absolute Gasteiger partial charge is 0.465 e. The number of esters is 1.